The van der Waals surface area contributed by atoms with Crippen molar-refractivity contribution in [1.82, 2.24) is 10.2 Å². The van der Waals surface area contributed by atoms with Crippen LogP contribution in [0.2, 0.25) is 0 Å². The molecule has 2 unspecified atom stereocenters. The van der Waals surface area contributed by atoms with E-state index < -0.39 is 6.23 Å². The minimum absolute atomic E-state index is 0.369. The van der Waals surface area contributed by atoms with Gasteiger partial charge < -0.3 is 15.2 Å². The third-order valence-corrected chi connectivity index (χ3v) is 8.85. The summed E-state index contributed by atoms with van der Waals surface area (Å²) in [5.74, 6) is 1.47. The standard InChI is InChI=1S/C31H44N2O2/c1-33(31(34)27-11-9-26(10-12-27)25-5-3-2-4-6-25)30-14-13-28-19-24(7-8-29(28)20-30)22-32-21-23-15-17-35-18-16-23/h7-12,19,23,25,30-32,34H,2-6,13-18,20-22H2,1H3. The van der Waals surface area contributed by atoms with Crippen LogP contribution in [0.5, 0.6) is 0 Å². The van der Waals surface area contributed by atoms with Crippen molar-refractivity contribution in [2.75, 3.05) is 26.8 Å². The average Bonchev–Trinajstić information content (AvgIpc) is 2.93. The van der Waals surface area contributed by atoms with Crippen LogP contribution >= 0.6 is 0 Å². The fourth-order valence-electron chi connectivity index (χ4n) is 6.43. The quantitative estimate of drug-likeness (QED) is 0.478. The van der Waals surface area contributed by atoms with E-state index >= 15 is 0 Å². The Balaban J connectivity index is 1.14. The average molecular weight is 477 g/mol. The van der Waals surface area contributed by atoms with E-state index in [0.29, 0.717) is 12.0 Å². The number of aliphatic hydroxyl groups excluding tert-OH is 1. The smallest absolute Gasteiger partial charge is 0.133 e. The zero-order chi connectivity index (χ0) is 24.0. The fraction of sp³-hybridized carbons (Fsp3) is 0.613. The summed E-state index contributed by atoms with van der Waals surface area (Å²) in [5, 5.41) is 14.8. The number of nitrogens with zero attached hydrogens (tertiary/aromatic N) is 1. The Labute approximate surface area is 212 Å². The summed E-state index contributed by atoms with van der Waals surface area (Å²) in [6.45, 7) is 3.87. The Bertz CT molecular complexity index is 931. The zero-order valence-electron chi connectivity index (χ0n) is 21.6. The highest BCUT2D eigenvalue weighted by molar-refractivity contribution is 5.35. The highest BCUT2D eigenvalue weighted by Crippen LogP contribution is 2.34. The van der Waals surface area contributed by atoms with Gasteiger partial charge in [-0.15, -0.1) is 0 Å². The van der Waals surface area contributed by atoms with Gasteiger partial charge in [0.25, 0.3) is 0 Å². The lowest BCUT2D eigenvalue weighted by atomic mass is 9.84. The lowest BCUT2D eigenvalue weighted by Gasteiger charge is -2.36. The molecule has 0 radical (unpaired) electrons. The Morgan fingerprint density at radius 2 is 1.71 bits per heavy atom. The minimum atomic E-state index is -0.546. The number of aliphatic hydroxyl groups is 1. The monoisotopic (exact) mass is 476 g/mol. The van der Waals surface area contributed by atoms with Gasteiger partial charge in [0.05, 0.1) is 0 Å². The fourth-order valence-corrected chi connectivity index (χ4v) is 6.43. The molecule has 2 aliphatic carbocycles. The molecule has 1 saturated heterocycles. The lowest BCUT2D eigenvalue weighted by molar-refractivity contribution is -0.0118. The highest BCUT2D eigenvalue weighted by Gasteiger charge is 2.27. The molecule has 5 rings (SSSR count). The maximum Gasteiger partial charge on any atom is 0.133 e. The SMILES string of the molecule is CN(C1CCc2cc(CNCC3CCOCC3)ccc2C1)C(O)c1ccc(C2CCCCC2)cc1. The van der Waals surface area contributed by atoms with Crippen LogP contribution in [0.25, 0.3) is 0 Å². The number of hydrogen-bond acceptors (Lipinski definition) is 4. The van der Waals surface area contributed by atoms with Crippen LogP contribution in [0.1, 0.15) is 91.3 Å². The summed E-state index contributed by atoms with van der Waals surface area (Å²) in [5.41, 5.74) is 6.80. The second-order valence-electron chi connectivity index (χ2n) is 11.2. The third kappa shape index (κ3) is 6.35. The second kappa shape index (κ2) is 12.0. The van der Waals surface area contributed by atoms with Crippen molar-refractivity contribution in [3.8, 4) is 0 Å². The molecule has 0 bridgehead atoms. The second-order valence-corrected chi connectivity index (χ2v) is 11.2. The predicted octanol–water partition coefficient (Wildman–Crippen LogP) is 5.73. The van der Waals surface area contributed by atoms with Crippen molar-refractivity contribution in [2.24, 2.45) is 5.92 Å². The van der Waals surface area contributed by atoms with E-state index in [9.17, 15) is 5.11 Å². The predicted molar refractivity (Wildman–Crippen MR) is 142 cm³/mol. The first-order valence-electron chi connectivity index (χ1n) is 14.1. The number of hydrogen-bond donors (Lipinski definition) is 2. The first kappa shape index (κ1) is 25.0. The molecule has 190 valence electrons. The van der Waals surface area contributed by atoms with Crippen molar-refractivity contribution in [3.05, 3.63) is 70.3 Å². The Morgan fingerprint density at radius 3 is 2.49 bits per heavy atom. The van der Waals surface area contributed by atoms with Crippen LogP contribution in [-0.4, -0.2) is 42.9 Å². The molecule has 1 aliphatic heterocycles. The van der Waals surface area contributed by atoms with Gasteiger partial charge in [0, 0.05) is 25.8 Å². The molecule has 2 aromatic rings. The summed E-state index contributed by atoms with van der Waals surface area (Å²) in [6.07, 6.45) is 11.8. The Hall–Kier alpha value is -1.72. The minimum Gasteiger partial charge on any atom is -0.381 e. The molecule has 0 aromatic heterocycles. The maximum atomic E-state index is 11.1. The number of likely N-dealkylation sites (N-methyl/N-ethyl adjacent to an activating group) is 1. The molecule has 0 amide bonds. The molecule has 1 saturated carbocycles. The first-order valence-corrected chi connectivity index (χ1v) is 14.1. The summed E-state index contributed by atoms with van der Waals surface area (Å²) in [7, 11) is 2.09. The summed E-state index contributed by atoms with van der Waals surface area (Å²) in [4.78, 5) is 2.18. The maximum absolute atomic E-state index is 11.1. The van der Waals surface area contributed by atoms with Crippen molar-refractivity contribution >= 4 is 0 Å². The van der Waals surface area contributed by atoms with Gasteiger partial charge in [-0.2, -0.15) is 0 Å². The zero-order valence-corrected chi connectivity index (χ0v) is 21.6. The van der Waals surface area contributed by atoms with Gasteiger partial charge in [-0.3, -0.25) is 4.90 Å². The van der Waals surface area contributed by atoms with Crippen LogP contribution in [0.15, 0.2) is 42.5 Å². The van der Waals surface area contributed by atoms with Gasteiger partial charge in [0.15, 0.2) is 0 Å². The van der Waals surface area contributed by atoms with Crippen molar-refractivity contribution in [1.29, 1.82) is 0 Å². The van der Waals surface area contributed by atoms with Crippen LogP contribution in [-0.2, 0) is 24.1 Å². The summed E-state index contributed by atoms with van der Waals surface area (Å²) in [6, 6.07) is 16.2. The van der Waals surface area contributed by atoms with Gasteiger partial charge in [0.2, 0.25) is 0 Å². The van der Waals surface area contributed by atoms with E-state index in [1.54, 1.807) is 0 Å². The topological polar surface area (TPSA) is 44.7 Å². The molecule has 2 atom stereocenters. The van der Waals surface area contributed by atoms with Gasteiger partial charge in [-0.1, -0.05) is 61.7 Å². The number of nitrogens with one attached hydrogen (secondary N) is 1. The molecular weight excluding hydrogens is 432 g/mol. The normalized spacial score (nSPS) is 22.8. The molecule has 4 nitrogen and oxygen atoms in total. The number of ether oxygens (including phenoxy) is 1. The molecule has 0 spiro atoms. The van der Waals surface area contributed by atoms with E-state index in [2.05, 4.69) is 59.7 Å². The van der Waals surface area contributed by atoms with E-state index in [1.807, 2.05) is 0 Å². The van der Waals surface area contributed by atoms with Gasteiger partial charge >= 0.3 is 0 Å². The van der Waals surface area contributed by atoms with Crippen molar-refractivity contribution in [2.45, 2.75) is 88.9 Å². The molecule has 4 heteroatoms. The van der Waals surface area contributed by atoms with E-state index in [1.165, 1.54) is 67.2 Å². The van der Waals surface area contributed by atoms with Crippen molar-refractivity contribution < 1.29 is 9.84 Å². The lowest BCUT2D eigenvalue weighted by Crippen LogP contribution is -2.39. The van der Waals surface area contributed by atoms with E-state index in [-0.39, 0.29) is 0 Å². The third-order valence-electron chi connectivity index (χ3n) is 8.85. The van der Waals surface area contributed by atoms with Crippen LogP contribution in [0, 0.1) is 5.92 Å². The first-order chi connectivity index (χ1) is 17.2. The van der Waals surface area contributed by atoms with Gasteiger partial charge in [0.1, 0.15) is 6.23 Å². The number of aryl methyl sites for hydroxylation is 1. The highest BCUT2D eigenvalue weighted by atomic mass is 16.5. The number of benzene rings is 2. The summed E-state index contributed by atoms with van der Waals surface area (Å²) < 4.78 is 5.47. The van der Waals surface area contributed by atoms with Gasteiger partial charge in [-0.25, -0.2) is 0 Å². The molecule has 2 aromatic carbocycles. The number of rotatable bonds is 8. The van der Waals surface area contributed by atoms with Crippen LogP contribution in [0.4, 0.5) is 0 Å². The van der Waals surface area contributed by atoms with E-state index in [4.69, 9.17) is 4.74 Å². The molecule has 2 N–H and O–H groups in total. The van der Waals surface area contributed by atoms with Crippen molar-refractivity contribution in [3.63, 3.8) is 0 Å². The molecular formula is C31H44N2O2. The molecule has 35 heavy (non-hydrogen) atoms. The summed E-state index contributed by atoms with van der Waals surface area (Å²) >= 11 is 0. The Kier molecular flexibility index (Phi) is 8.56. The van der Waals surface area contributed by atoms with Gasteiger partial charge in [-0.05, 0) is 98.2 Å². The Morgan fingerprint density at radius 1 is 0.943 bits per heavy atom. The van der Waals surface area contributed by atoms with Crippen LogP contribution < -0.4 is 5.32 Å². The largest absolute Gasteiger partial charge is 0.381 e. The van der Waals surface area contributed by atoms with E-state index in [0.717, 1.165) is 57.0 Å². The molecule has 2 fully saturated rings. The number of fused-ring (bicyclic) bond motifs is 1. The molecule has 3 aliphatic rings. The van der Waals surface area contributed by atoms with Crippen LogP contribution in [0.3, 0.4) is 0 Å². The molecule has 1 heterocycles.